The Morgan fingerprint density at radius 1 is 1.32 bits per heavy atom. The molecule has 0 amide bonds. The first-order valence-electron chi connectivity index (χ1n) is 9.22. The molecular weight excluding hydrogens is 372 g/mol. The van der Waals surface area contributed by atoms with Crippen LogP contribution in [0.1, 0.15) is 25.3 Å². The van der Waals surface area contributed by atoms with Gasteiger partial charge in [0.05, 0.1) is 19.6 Å². The number of methoxy groups -OCH3 is 1. The van der Waals surface area contributed by atoms with Crippen LogP contribution in [0, 0.1) is 5.92 Å². The fraction of sp³-hybridized carbons (Fsp3) is 0.579. The van der Waals surface area contributed by atoms with E-state index in [0.717, 1.165) is 5.56 Å². The zero-order valence-electron chi connectivity index (χ0n) is 16.4. The minimum atomic E-state index is -2.91. The van der Waals surface area contributed by atoms with Crippen molar-refractivity contribution in [3.8, 4) is 11.5 Å². The van der Waals surface area contributed by atoms with Gasteiger partial charge in [-0.15, -0.1) is 0 Å². The second kappa shape index (κ2) is 10.7. The highest BCUT2D eigenvalue weighted by atomic mass is 19.3. The molecule has 2 rings (SSSR count). The number of rotatable bonds is 7. The van der Waals surface area contributed by atoms with Crippen LogP contribution in [0.2, 0.25) is 0 Å². The number of hydrogen-bond acceptors (Lipinski definition) is 5. The topological polar surface area (TPSA) is 72.4 Å². The van der Waals surface area contributed by atoms with E-state index in [0.29, 0.717) is 45.0 Å². The number of nitrogens with one attached hydrogen (secondary N) is 1. The second-order valence-corrected chi connectivity index (χ2v) is 6.28. The average molecular weight is 399 g/mol. The molecule has 28 heavy (non-hydrogen) atoms. The molecular formula is C19H27F2N3O4. The molecule has 1 N–H and O–H groups in total. The molecule has 1 fully saturated rings. The molecule has 1 heterocycles. The third kappa shape index (κ3) is 5.97. The average Bonchev–Trinajstić information content (AvgIpc) is 2.70. The first kappa shape index (κ1) is 21.7. The first-order valence-corrected chi connectivity index (χ1v) is 9.22. The van der Waals surface area contributed by atoms with Crippen LogP contribution in [0.15, 0.2) is 23.2 Å². The van der Waals surface area contributed by atoms with Crippen molar-refractivity contribution >= 4 is 11.9 Å². The lowest BCUT2D eigenvalue weighted by Gasteiger charge is -2.33. The number of likely N-dealkylation sites (tertiary alicyclic amines) is 1. The van der Waals surface area contributed by atoms with Crippen molar-refractivity contribution in [2.45, 2.75) is 32.9 Å². The van der Waals surface area contributed by atoms with E-state index >= 15 is 0 Å². The quantitative estimate of drug-likeness (QED) is 0.432. The van der Waals surface area contributed by atoms with Crippen LogP contribution in [0.5, 0.6) is 11.5 Å². The van der Waals surface area contributed by atoms with Crippen LogP contribution in [-0.4, -0.2) is 57.3 Å². The van der Waals surface area contributed by atoms with Crippen molar-refractivity contribution in [1.29, 1.82) is 0 Å². The van der Waals surface area contributed by atoms with Crippen LogP contribution >= 0.6 is 0 Å². The lowest BCUT2D eigenvalue weighted by atomic mass is 9.97. The van der Waals surface area contributed by atoms with Crippen LogP contribution < -0.4 is 14.8 Å². The Labute approximate surface area is 163 Å². The molecule has 1 saturated heterocycles. The molecule has 0 bridgehead atoms. The fourth-order valence-electron chi connectivity index (χ4n) is 3.13. The summed E-state index contributed by atoms with van der Waals surface area (Å²) in [6.45, 7) is 1.05. The smallest absolute Gasteiger partial charge is 0.387 e. The van der Waals surface area contributed by atoms with E-state index in [1.165, 1.54) is 13.2 Å². The summed E-state index contributed by atoms with van der Waals surface area (Å²) in [5.74, 6) is 0.757. The predicted molar refractivity (Wildman–Crippen MR) is 101 cm³/mol. The van der Waals surface area contributed by atoms with Crippen LogP contribution in [0.3, 0.4) is 0 Å². The summed E-state index contributed by atoms with van der Waals surface area (Å²) >= 11 is 0. The molecule has 1 aromatic carbocycles. The number of carbonyl (C=O) groups excluding carboxylic acids is 1. The van der Waals surface area contributed by atoms with Gasteiger partial charge in [0.1, 0.15) is 0 Å². The zero-order valence-corrected chi connectivity index (χ0v) is 16.4. The van der Waals surface area contributed by atoms with E-state index < -0.39 is 6.61 Å². The molecule has 156 valence electrons. The predicted octanol–water partition coefficient (Wildman–Crippen LogP) is 2.65. The summed E-state index contributed by atoms with van der Waals surface area (Å²) in [4.78, 5) is 18.0. The van der Waals surface area contributed by atoms with Gasteiger partial charge in [0.2, 0.25) is 0 Å². The Balaban J connectivity index is 1.96. The molecule has 0 aliphatic carbocycles. The summed E-state index contributed by atoms with van der Waals surface area (Å²) in [7, 11) is 3.10. The summed E-state index contributed by atoms with van der Waals surface area (Å²) in [6.07, 6.45) is 1.42. The van der Waals surface area contributed by atoms with Gasteiger partial charge < -0.3 is 24.4 Å². The van der Waals surface area contributed by atoms with Gasteiger partial charge in [0, 0.05) is 26.7 Å². The summed E-state index contributed by atoms with van der Waals surface area (Å²) in [5, 5.41) is 3.26. The fourth-order valence-corrected chi connectivity index (χ4v) is 3.13. The number of nitrogens with zero attached hydrogens (tertiary/aromatic N) is 2. The Kier molecular flexibility index (Phi) is 8.28. The molecule has 0 unspecified atom stereocenters. The van der Waals surface area contributed by atoms with Gasteiger partial charge >= 0.3 is 12.6 Å². The summed E-state index contributed by atoms with van der Waals surface area (Å²) in [5.41, 5.74) is 0.843. The van der Waals surface area contributed by atoms with Crippen molar-refractivity contribution in [2.24, 2.45) is 10.9 Å². The number of guanidine groups is 1. The molecule has 1 aliphatic rings. The van der Waals surface area contributed by atoms with Crippen molar-refractivity contribution in [2.75, 3.05) is 33.9 Å². The summed E-state index contributed by atoms with van der Waals surface area (Å²) < 4.78 is 39.7. The molecule has 7 nitrogen and oxygen atoms in total. The van der Waals surface area contributed by atoms with Crippen molar-refractivity contribution in [3.05, 3.63) is 23.8 Å². The minimum Gasteiger partial charge on any atom is -0.490 e. The van der Waals surface area contributed by atoms with E-state index in [1.807, 2.05) is 0 Å². The van der Waals surface area contributed by atoms with Crippen molar-refractivity contribution < 1.29 is 27.8 Å². The van der Waals surface area contributed by atoms with Crippen LogP contribution in [-0.2, 0) is 16.1 Å². The first-order chi connectivity index (χ1) is 13.5. The highest BCUT2D eigenvalue weighted by molar-refractivity contribution is 5.80. The Morgan fingerprint density at radius 2 is 2.04 bits per heavy atom. The maximum absolute atomic E-state index is 12.5. The highest BCUT2D eigenvalue weighted by Gasteiger charge is 2.27. The van der Waals surface area contributed by atoms with Crippen LogP contribution in [0.4, 0.5) is 8.78 Å². The maximum Gasteiger partial charge on any atom is 0.387 e. The minimum absolute atomic E-state index is 0.00913. The van der Waals surface area contributed by atoms with E-state index in [2.05, 4.69) is 19.9 Å². The van der Waals surface area contributed by atoms with Gasteiger partial charge in [0.25, 0.3) is 0 Å². The van der Waals surface area contributed by atoms with Gasteiger partial charge in [-0.25, -0.2) is 0 Å². The number of esters is 1. The highest BCUT2D eigenvalue weighted by Crippen LogP contribution is 2.30. The molecule has 0 saturated carbocycles. The number of hydrogen-bond donors (Lipinski definition) is 1. The molecule has 0 aromatic heterocycles. The third-order valence-corrected chi connectivity index (χ3v) is 4.52. The van der Waals surface area contributed by atoms with Gasteiger partial charge in [-0.1, -0.05) is 6.07 Å². The van der Waals surface area contributed by atoms with E-state index in [1.54, 1.807) is 26.1 Å². The second-order valence-electron chi connectivity index (χ2n) is 6.28. The van der Waals surface area contributed by atoms with E-state index in [4.69, 9.17) is 9.47 Å². The number of benzene rings is 1. The maximum atomic E-state index is 12.5. The molecule has 0 radical (unpaired) electrons. The molecule has 1 aromatic rings. The summed E-state index contributed by atoms with van der Waals surface area (Å²) in [6, 6.07) is 4.84. The van der Waals surface area contributed by atoms with Gasteiger partial charge in [-0.05, 0) is 37.5 Å². The standard InChI is InChI=1S/C19H27F2N3O4/c1-4-27-16-11-13(5-6-15(16)28-18(20)21)12-23-19(22-2)24-9-7-14(8-10-24)17(25)26-3/h5-6,11,14,18H,4,7-10,12H2,1-3H3,(H,22,23). The molecule has 0 atom stereocenters. The van der Waals surface area contributed by atoms with Gasteiger partial charge in [-0.3, -0.25) is 9.79 Å². The lowest BCUT2D eigenvalue weighted by molar-refractivity contribution is -0.146. The molecule has 1 aliphatic heterocycles. The Morgan fingerprint density at radius 3 is 2.61 bits per heavy atom. The molecule has 0 spiro atoms. The lowest BCUT2D eigenvalue weighted by Crippen LogP contribution is -2.46. The largest absolute Gasteiger partial charge is 0.490 e. The van der Waals surface area contributed by atoms with Crippen LogP contribution in [0.25, 0.3) is 0 Å². The number of halogens is 2. The normalized spacial score (nSPS) is 15.5. The van der Waals surface area contributed by atoms with Gasteiger partial charge in [-0.2, -0.15) is 8.78 Å². The SMILES string of the molecule is CCOc1cc(CNC(=NC)N2CCC(C(=O)OC)CC2)ccc1OC(F)F. The van der Waals surface area contributed by atoms with E-state index in [9.17, 15) is 13.6 Å². The monoisotopic (exact) mass is 399 g/mol. The number of aliphatic imine (C=N–C) groups is 1. The van der Waals surface area contributed by atoms with Crippen molar-refractivity contribution in [1.82, 2.24) is 10.2 Å². The number of ether oxygens (including phenoxy) is 3. The van der Waals surface area contributed by atoms with E-state index in [-0.39, 0.29) is 23.4 Å². The Bertz CT molecular complexity index is 677. The number of piperidine rings is 1. The van der Waals surface area contributed by atoms with Gasteiger partial charge in [0.15, 0.2) is 17.5 Å². The van der Waals surface area contributed by atoms with Crippen molar-refractivity contribution in [3.63, 3.8) is 0 Å². The molecule has 9 heteroatoms. The Hall–Kier alpha value is -2.58. The zero-order chi connectivity index (χ0) is 20.5. The number of alkyl halides is 2. The number of carbonyl (C=O) groups is 1. The third-order valence-electron chi connectivity index (χ3n) is 4.52.